The first kappa shape index (κ1) is 14.8. The second-order valence-corrected chi connectivity index (χ2v) is 6.25. The van der Waals surface area contributed by atoms with Crippen LogP contribution in [0.2, 0.25) is 0 Å². The Hall–Kier alpha value is -2.79. The van der Waals surface area contributed by atoms with Crippen LogP contribution in [0.25, 0.3) is 21.3 Å². The van der Waals surface area contributed by atoms with Crippen molar-refractivity contribution >= 4 is 27.2 Å². The highest BCUT2D eigenvalue weighted by Crippen LogP contribution is 2.29. The number of anilines is 1. The van der Waals surface area contributed by atoms with E-state index < -0.39 is 0 Å². The maximum absolute atomic E-state index is 13.8. The van der Waals surface area contributed by atoms with Crippen LogP contribution >= 0.6 is 11.3 Å². The Kier molecular flexibility index (Phi) is 3.92. The lowest BCUT2D eigenvalue weighted by atomic mass is 10.1. The normalized spacial score (nSPS) is 10.9. The fourth-order valence-corrected chi connectivity index (χ4v) is 3.60. The lowest BCUT2D eigenvalue weighted by molar-refractivity contribution is 0.640. The number of fused-ring (bicyclic) bond motifs is 1. The first-order valence-electron chi connectivity index (χ1n) is 7.58. The predicted octanol–water partition coefficient (Wildman–Crippen LogP) is 5.11. The van der Waals surface area contributed by atoms with Gasteiger partial charge in [0.25, 0.3) is 0 Å². The largest absolute Gasteiger partial charge is 0.365 e. The highest BCUT2D eigenvalue weighted by atomic mass is 32.1. The molecule has 4 aromatic rings. The summed E-state index contributed by atoms with van der Waals surface area (Å²) in [6.07, 6.45) is 3.52. The van der Waals surface area contributed by atoms with Crippen molar-refractivity contribution in [3.8, 4) is 11.3 Å². The molecule has 3 nitrogen and oxygen atoms in total. The molecule has 0 unspecified atom stereocenters. The first-order chi connectivity index (χ1) is 11.8. The molecule has 3 aromatic heterocycles. The summed E-state index contributed by atoms with van der Waals surface area (Å²) < 4.78 is 14.8. The van der Waals surface area contributed by atoms with E-state index in [9.17, 15) is 4.39 Å². The zero-order valence-electron chi connectivity index (χ0n) is 12.7. The van der Waals surface area contributed by atoms with Crippen LogP contribution in [0, 0.1) is 5.82 Å². The second kappa shape index (κ2) is 6.37. The van der Waals surface area contributed by atoms with E-state index in [-0.39, 0.29) is 5.82 Å². The molecule has 3 heterocycles. The molecule has 0 atom stereocenters. The molecule has 0 aliphatic heterocycles. The number of rotatable bonds is 4. The number of pyridine rings is 2. The van der Waals surface area contributed by atoms with E-state index in [4.69, 9.17) is 0 Å². The molecule has 0 spiro atoms. The summed E-state index contributed by atoms with van der Waals surface area (Å²) in [5.41, 5.74) is 2.87. The van der Waals surface area contributed by atoms with Crippen LogP contribution in [-0.2, 0) is 6.54 Å². The molecule has 0 saturated carbocycles. The van der Waals surface area contributed by atoms with Gasteiger partial charge in [-0.1, -0.05) is 12.1 Å². The Morgan fingerprint density at radius 3 is 2.75 bits per heavy atom. The van der Waals surface area contributed by atoms with E-state index in [1.807, 2.05) is 47.8 Å². The highest BCUT2D eigenvalue weighted by Gasteiger charge is 2.10. The van der Waals surface area contributed by atoms with Gasteiger partial charge in [-0.2, -0.15) is 0 Å². The van der Waals surface area contributed by atoms with E-state index in [1.165, 1.54) is 6.07 Å². The van der Waals surface area contributed by atoms with Gasteiger partial charge in [0.1, 0.15) is 11.6 Å². The quantitative estimate of drug-likeness (QED) is 0.563. The molecular weight excluding hydrogens is 321 g/mol. The van der Waals surface area contributed by atoms with Gasteiger partial charge in [0.2, 0.25) is 0 Å². The summed E-state index contributed by atoms with van der Waals surface area (Å²) in [5, 5.41) is 5.95. The summed E-state index contributed by atoms with van der Waals surface area (Å²) >= 11 is 1.55. The fraction of sp³-hybridized carbons (Fsp3) is 0.0526. The van der Waals surface area contributed by atoms with Gasteiger partial charge in [0.15, 0.2) is 0 Å². The van der Waals surface area contributed by atoms with Crippen molar-refractivity contribution in [2.75, 3.05) is 5.32 Å². The van der Waals surface area contributed by atoms with Crippen molar-refractivity contribution in [1.82, 2.24) is 9.97 Å². The maximum atomic E-state index is 13.8. The molecule has 0 radical (unpaired) electrons. The van der Waals surface area contributed by atoms with Gasteiger partial charge in [-0.15, -0.1) is 11.3 Å². The van der Waals surface area contributed by atoms with Gasteiger partial charge < -0.3 is 5.32 Å². The predicted molar refractivity (Wildman–Crippen MR) is 96.6 cm³/mol. The lowest BCUT2D eigenvalue weighted by Gasteiger charge is -2.11. The standard InChI is InChI=1S/C19H14FN3S/c20-16-7-6-13(18-14(16)8-11-24-18)12-23-19-15(4-3-10-22-19)17-5-1-2-9-21-17/h1-11H,12H2,(H,22,23). The number of benzene rings is 1. The smallest absolute Gasteiger partial charge is 0.135 e. The summed E-state index contributed by atoms with van der Waals surface area (Å²) in [5.74, 6) is 0.590. The van der Waals surface area contributed by atoms with E-state index in [0.29, 0.717) is 11.9 Å². The van der Waals surface area contributed by atoms with Crippen LogP contribution in [-0.4, -0.2) is 9.97 Å². The number of hydrogen-bond acceptors (Lipinski definition) is 4. The first-order valence-corrected chi connectivity index (χ1v) is 8.46. The topological polar surface area (TPSA) is 37.8 Å². The Morgan fingerprint density at radius 2 is 1.88 bits per heavy atom. The SMILES string of the molecule is Fc1ccc(CNc2ncccc2-c2ccccn2)c2sccc12. The molecule has 4 rings (SSSR count). The lowest BCUT2D eigenvalue weighted by Crippen LogP contribution is -2.03. The van der Waals surface area contributed by atoms with Crippen molar-refractivity contribution in [2.45, 2.75) is 6.54 Å². The third-order valence-electron chi connectivity index (χ3n) is 3.84. The third-order valence-corrected chi connectivity index (χ3v) is 4.83. The van der Waals surface area contributed by atoms with E-state index >= 15 is 0 Å². The zero-order chi connectivity index (χ0) is 16.4. The Bertz CT molecular complexity index is 982. The molecular formula is C19H14FN3S. The number of nitrogens with one attached hydrogen (secondary N) is 1. The summed E-state index contributed by atoms with van der Waals surface area (Å²) in [6.45, 7) is 0.578. The maximum Gasteiger partial charge on any atom is 0.135 e. The van der Waals surface area contributed by atoms with Crippen molar-refractivity contribution in [1.29, 1.82) is 0 Å². The molecule has 0 fully saturated rings. The van der Waals surface area contributed by atoms with E-state index in [1.54, 1.807) is 23.7 Å². The van der Waals surface area contributed by atoms with Crippen molar-refractivity contribution in [3.63, 3.8) is 0 Å². The highest BCUT2D eigenvalue weighted by molar-refractivity contribution is 7.17. The van der Waals surface area contributed by atoms with Gasteiger partial charge in [-0.25, -0.2) is 9.37 Å². The number of hydrogen-bond donors (Lipinski definition) is 1. The van der Waals surface area contributed by atoms with Crippen LogP contribution in [0.3, 0.4) is 0 Å². The average Bonchev–Trinajstić information content (AvgIpc) is 3.13. The van der Waals surface area contributed by atoms with Crippen LogP contribution in [0.4, 0.5) is 10.2 Å². The second-order valence-electron chi connectivity index (χ2n) is 5.34. The van der Waals surface area contributed by atoms with Gasteiger partial charge in [-0.3, -0.25) is 4.98 Å². The number of aromatic nitrogens is 2. The molecule has 0 aliphatic carbocycles. The minimum absolute atomic E-state index is 0.179. The van der Waals surface area contributed by atoms with Gasteiger partial charge in [0, 0.05) is 34.6 Å². The third kappa shape index (κ3) is 2.74. The molecule has 0 amide bonds. The molecule has 1 N–H and O–H groups in total. The van der Waals surface area contributed by atoms with E-state index in [2.05, 4.69) is 15.3 Å². The van der Waals surface area contributed by atoms with Gasteiger partial charge in [-0.05, 0) is 47.3 Å². The molecule has 0 aliphatic rings. The Labute approximate surface area is 142 Å². The minimum Gasteiger partial charge on any atom is -0.365 e. The zero-order valence-corrected chi connectivity index (χ0v) is 13.6. The van der Waals surface area contributed by atoms with Crippen molar-refractivity contribution in [3.05, 3.63) is 77.7 Å². The van der Waals surface area contributed by atoms with Crippen molar-refractivity contribution in [2.24, 2.45) is 0 Å². The summed E-state index contributed by atoms with van der Waals surface area (Å²) in [6, 6.07) is 14.8. The summed E-state index contributed by atoms with van der Waals surface area (Å²) in [4.78, 5) is 8.82. The molecule has 24 heavy (non-hydrogen) atoms. The van der Waals surface area contributed by atoms with Crippen LogP contribution in [0.15, 0.2) is 66.3 Å². The molecule has 118 valence electrons. The number of thiophene rings is 1. The van der Waals surface area contributed by atoms with Crippen LogP contribution in [0.1, 0.15) is 5.56 Å². The van der Waals surface area contributed by atoms with Crippen LogP contribution in [0.5, 0.6) is 0 Å². The van der Waals surface area contributed by atoms with Gasteiger partial charge >= 0.3 is 0 Å². The van der Waals surface area contributed by atoms with Gasteiger partial charge in [0.05, 0.1) is 5.69 Å². The monoisotopic (exact) mass is 335 g/mol. The van der Waals surface area contributed by atoms with Crippen LogP contribution < -0.4 is 5.32 Å². The minimum atomic E-state index is -0.179. The Morgan fingerprint density at radius 1 is 0.958 bits per heavy atom. The molecule has 0 saturated heterocycles. The number of halogens is 1. The van der Waals surface area contributed by atoms with E-state index in [0.717, 1.165) is 27.3 Å². The molecule has 5 heteroatoms. The Balaban J connectivity index is 1.65. The molecule has 0 bridgehead atoms. The summed E-state index contributed by atoms with van der Waals surface area (Å²) in [7, 11) is 0. The fourth-order valence-electron chi connectivity index (χ4n) is 2.68. The van der Waals surface area contributed by atoms with Crippen molar-refractivity contribution < 1.29 is 4.39 Å². The number of nitrogens with zero attached hydrogens (tertiary/aromatic N) is 2. The molecule has 1 aromatic carbocycles. The average molecular weight is 335 g/mol.